The van der Waals surface area contributed by atoms with Crippen LogP contribution in [0.25, 0.3) is 0 Å². The summed E-state index contributed by atoms with van der Waals surface area (Å²) in [7, 11) is 0. The molecule has 5 heteroatoms. The molecule has 1 aliphatic carbocycles. The highest BCUT2D eigenvalue weighted by Gasteiger charge is 2.46. The first-order chi connectivity index (χ1) is 6.09. The molecule has 0 fully saturated rings. The Morgan fingerprint density at radius 2 is 2.15 bits per heavy atom. The minimum atomic E-state index is -3.60. The number of alkyl halides is 2. The van der Waals surface area contributed by atoms with Gasteiger partial charge in [0.2, 0.25) is 0 Å². The Hall–Kier alpha value is -1.00. The second kappa shape index (κ2) is 3.81. The van der Waals surface area contributed by atoms with E-state index < -0.39 is 17.7 Å². The van der Waals surface area contributed by atoms with Crippen molar-refractivity contribution in [3.8, 4) is 0 Å². The van der Waals surface area contributed by atoms with E-state index >= 15 is 0 Å². The summed E-state index contributed by atoms with van der Waals surface area (Å²) in [4.78, 5) is 10.5. The molecule has 2 nitrogen and oxygen atoms in total. The van der Waals surface area contributed by atoms with Crippen molar-refractivity contribution in [3.63, 3.8) is 0 Å². The highest BCUT2D eigenvalue weighted by atomic mass is 19.3. The molecule has 0 saturated heterocycles. The molecule has 74 valence electrons. The van der Waals surface area contributed by atoms with Crippen LogP contribution in [0.2, 0.25) is 0 Å². The fourth-order valence-electron chi connectivity index (χ4n) is 1.37. The quantitative estimate of drug-likeness (QED) is 0.527. The maximum absolute atomic E-state index is 13.0. The monoisotopic (exact) mass is 193 g/mol. The van der Waals surface area contributed by atoms with Gasteiger partial charge in [-0.3, -0.25) is 4.79 Å². The van der Waals surface area contributed by atoms with E-state index in [2.05, 4.69) is 0 Å². The zero-order chi connectivity index (χ0) is 9.90. The van der Waals surface area contributed by atoms with E-state index in [9.17, 15) is 18.1 Å². The lowest BCUT2D eigenvalue weighted by molar-refractivity contribution is -0.159. The molecule has 13 heavy (non-hydrogen) atoms. The van der Waals surface area contributed by atoms with Crippen molar-refractivity contribution in [2.24, 2.45) is 5.92 Å². The SMILES string of the molecule is O=C(NF)C(F)(F)C1CC=CCC1. The van der Waals surface area contributed by atoms with Crippen LogP contribution in [0.5, 0.6) is 0 Å². The Morgan fingerprint density at radius 3 is 2.62 bits per heavy atom. The molecule has 0 bridgehead atoms. The summed E-state index contributed by atoms with van der Waals surface area (Å²) >= 11 is 0. The fraction of sp³-hybridized carbons (Fsp3) is 0.625. The summed E-state index contributed by atoms with van der Waals surface area (Å²) in [5.41, 5.74) is 0.490. The molecule has 0 saturated carbocycles. The van der Waals surface area contributed by atoms with Crippen LogP contribution in [0.1, 0.15) is 19.3 Å². The Labute approximate surface area is 73.7 Å². The number of amides is 1. The highest BCUT2D eigenvalue weighted by Crippen LogP contribution is 2.34. The Kier molecular flexibility index (Phi) is 2.95. The molecule has 0 aliphatic heterocycles. The minimum absolute atomic E-state index is 0.125. The molecule has 0 aromatic carbocycles. The van der Waals surface area contributed by atoms with E-state index in [4.69, 9.17) is 0 Å². The fourth-order valence-corrected chi connectivity index (χ4v) is 1.37. The molecular formula is C8H10F3NO. The maximum Gasteiger partial charge on any atom is 0.330 e. The number of carbonyl (C=O) groups is 1. The van der Waals surface area contributed by atoms with Gasteiger partial charge in [0.25, 0.3) is 0 Å². The number of hydrogen-bond donors (Lipinski definition) is 1. The first kappa shape index (κ1) is 10.1. The molecule has 1 unspecified atom stereocenters. The van der Waals surface area contributed by atoms with Gasteiger partial charge in [0.05, 0.1) is 0 Å². The molecule has 1 rings (SSSR count). The Bertz CT molecular complexity index is 227. The third kappa shape index (κ3) is 2.02. The molecule has 0 radical (unpaired) electrons. The first-order valence-corrected chi connectivity index (χ1v) is 4.03. The van der Waals surface area contributed by atoms with Crippen molar-refractivity contribution in [2.45, 2.75) is 25.2 Å². The molecule has 0 aromatic heterocycles. The largest absolute Gasteiger partial charge is 0.330 e. The molecule has 0 spiro atoms. The van der Waals surface area contributed by atoms with Crippen LogP contribution in [0.3, 0.4) is 0 Å². The Balaban J connectivity index is 2.67. The topological polar surface area (TPSA) is 29.1 Å². The van der Waals surface area contributed by atoms with Crippen molar-refractivity contribution >= 4 is 5.91 Å². The zero-order valence-electron chi connectivity index (χ0n) is 6.90. The van der Waals surface area contributed by atoms with Crippen LogP contribution in [0.4, 0.5) is 13.3 Å². The van der Waals surface area contributed by atoms with Gasteiger partial charge in [-0.2, -0.15) is 14.3 Å². The third-order valence-electron chi connectivity index (χ3n) is 2.17. The van der Waals surface area contributed by atoms with Crippen LogP contribution in [0, 0.1) is 5.92 Å². The van der Waals surface area contributed by atoms with Gasteiger partial charge in [-0.15, -0.1) is 4.48 Å². The van der Waals surface area contributed by atoms with Gasteiger partial charge in [0, 0.05) is 5.92 Å². The van der Waals surface area contributed by atoms with Gasteiger partial charge in [-0.1, -0.05) is 12.2 Å². The van der Waals surface area contributed by atoms with Crippen LogP contribution in [0.15, 0.2) is 12.2 Å². The van der Waals surface area contributed by atoms with Crippen LogP contribution in [-0.4, -0.2) is 11.8 Å². The van der Waals surface area contributed by atoms with Gasteiger partial charge in [-0.05, 0) is 19.3 Å². The van der Waals surface area contributed by atoms with Gasteiger partial charge in [0.15, 0.2) is 0 Å². The normalized spacial score (nSPS) is 22.8. The molecule has 0 aromatic rings. The summed E-state index contributed by atoms with van der Waals surface area (Å²) in [6.07, 6.45) is 4.23. The van der Waals surface area contributed by atoms with Crippen LogP contribution >= 0.6 is 0 Å². The first-order valence-electron chi connectivity index (χ1n) is 4.03. The summed E-state index contributed by atoms with van der Waals surface area (Å²) in [5.74, 6) is -6.51. The maximum atomic E-state index is 13.0. The molecule has 1 atom stereocenters. The third-order valence-corrected chi connectivity index (χ3v) is 2.17. The van der Waals surface area contributed by atoms with Gasteiger partial charge in [-0.25, -0.2) is 0 Å². The lowest BCUT2D eigenvalue weighted by atomic mass is 9.88. The number of hydrogen-bond acceptors (Lipinski definition) is 1. The molecule has 1 amide bonds. The molecular weight excluding hydrogens is 183 g/mol. The van der Waals surface area contributed by atoms with E-state index in [1.54, 1.807) is 12.2 Å². The van der Waals surface area contributed by atoms with E-state index in [0.29, 0.717) is 12.0 Å². The summed E-state index contributed by atoms with van der Waals surface area (Å²) in [6, 6.07) is 0. The lowest BCUT2D eigenvalue weighted by Gasteiger charge is -2.25. The minimum Gasteiger partial charge on any atom is -0.265 e. The van der Waals surface area contributed by atoms with Gasteiger partial charge >= 0.3 is 11.8 Å². The average Bonchev–Trinajstić information content (AvgIpc) is 2.18. The van der Waals surface area contributed by atoms with E-state index in [1.165, 1.54) is 0 Å². The van der Waals surface area contributed by atoms with Crippen LogP contribution < -0.4 is 5.54 Å². The zero-order valence-corrected chi connectivity index (χ0v) is 6.90. The molecule has 1 aliphatic rings. The smallest absolute Gasteiger partial charge is 0.265 e. The lowest BCUT2D eigenvalue weighted by Crippen LogP contribution is -2.43. The number of nitrogens with one attached hydrogen (secondary N) is 1. The molecule has 0 heterocycles. The van der Waals surface area contributed by atoms with Gasteiger partial charge in [0.1, 0.15) is 0 Å². The van der Waals surface area contributed by atoms with Crippen molar-refractivity contribution in [1.82, 2.24) is 5.54 Å². The number of rotatable bonds is 2. The predicted molar refractivity (Wildman–Crippen MR) is 40.7 cm³/mol. The van der Waals surface area contributed by atoms with Crippen molar-refractivity contribution < 1.29 is 18.1 Å². The highest BCUT2D eigenvalue weighted by molar-refractivity contribution is 5.82. The number of halogens is 3. The van der Waals surface area contributed by atoms with E-state index in [0.717, 1.165) is 0 Å². The van der Waals surface area contributed by atoms with Crippen molar-refractivity contribution in [3.05, 3.63) is 12.2 Å². The van der Waals surface area contributed by atoms with Crippen molar-refractivity contribution in [2.75, 3.05) is 0 Å². The summed E-state index contributed by atoms with van der Waals surface area (Å²) in [5, 5.41) is 0. The van der Waals surface area contributed by atoms with Crippen molar-refractivity contribution in [1.29, 1.82) is 0 Å². The summed E-state index contributed by atoms with van der Waals surface area (Å²) < 4.78 is 37.6. The standard InChI is InChI=1S/C8H10F3NO/c9-8(10,7(13)12-11)6-4-2-1-3-5-6/h1-2,6H,3-5H2,(H,12,13). The van der Waals surface area contributed by atoms with Gasteiger partial charge < -0.3 is 0 Å². The second-order valence-electron chi connectivity index (χ2n) is 3.03. The number of allylic oxidation sites excluding steroid dienone is 2. The molecule has 1 N–H and O–H groups in total. The number of carbonyl (C=O) groups excluding carboxylic acids is 1. The second-order valence-corrected chi connectivity index (χ2v) is 3.03. The van der Waals surface area contributed by atoms with E-state index in [-0.39, 0.29) is 12.8 Å². The van der Waals surface area contributed by atoms with Crippen LogP contribution in [-0.2, 0) is 4.79 Å². The van der Waals surface area contributed by atoms with E-state index in [1.807, 2.05) is 0 Å². The Morgan fingerprint density at radius 1 is 1.46 bits per heavy atom. The summed E-state index contributed by atoms with van der Waals surface area (Å²) in [6.45, 7) is 0. The average molecular weight is 193 g/mol. The predicted octanol–water partition coefficient (Wildman–Crippen LogP) is 1.98.